The van der Waals surface area contributed by atoms with Gasteiger partial charge in [0.15, 0.2) is 9.84 Å². The van der Waals surface area contributed by atoms with E-state index < -0.39 is 9.84 Å². The van der Waals surface area contributed by atoms with Gasteiger partial charge in [0.2, 0.25) is 0 Å². The Balaban J connectivity index is 2.10. The van der Waals surface area contributed by atoms with Crippen molar-refractivity contribution in [3.05, 3.63) is 48.0 Å². The molecule has 0 aliphatic carbocycles. The Labute approximate surface area is 117 Å². The molecule has 0 aliphatic heterocycles. The topological polar surface area (TPSA) is 91.9 Å². The number of imidazole rings is 1. The Morgan fingerprint density at radius 3 is 2.45 bits per heavy atom. The molecule has 1 aromatic heterocycles. The van der Waals surface area contributed by atoms with Crippen LogP contribution in [0.1, 0.15) is 29.1 Å². The number of hydrogen-bond donors (Lipinski definition) is 2. The molecule has 2 aromatic rings. The van der Waals surface area contributed by atoms with Crippen LogP contribution < -0.4 is 5.32 Å². The van der Waals surface area contributed by atoms with Gasteiger partial charge in [0.25, 0.3) is 5.91 Å². The Morgan fingerprint density at radius 1 is 1.30 bits per heavy atom. The molecule has 0 radical (unpaired) electrons. The van der Waals surface area contributed by atoms with Crippen molar-refractivity contribution in [2.45, 2.75) is 17.9 Å². The fourth-order valence-corrected chi connectivity index (χ4v) is 2.35. The maximum Gasteiger partial charge on any atom is 0.251 e. The maximum absolute atomic E-state index is 12.0. The first-order valence-electron chi connectivity index (χ1n) is 5.98. The normalized spacial score (nSPS) is 12.9. The van der Waals surface area contributed by atoms with E-state index in [-0.39, 0.29) is 16.8 Å². The van der Waals surface area contributed by atoms with Gasteiger partial charge in [-0.2, -0.15) is 0 Å². The highest BCUT2D eigenvalue weighted by Gasteiger charge is 2.14. The van der Waals surface area contributed by atoms with Crippen molar-refractivity contribution in [2.24, 2.45) is 0 Å². The number of sulfone groups is 1. The molecule has 1 heterocycles. The van der Waals surface area contributed by atoms with E-state index in [0.29, 0.717) is 11.4 Å². The molecule has 2 N–H and O–H groups in total. The first-order chi connectivity index (χ1) is 9.38. The largest absolute Gasteiger partial charge is 0.347 e. The number of nitrogens with zero attached hydrogens (tertiary/aromatic N) is 1. The van der Waals surface area contributed by atoms with Crippen molar-refractivity contribution in [1.29, 1.82) is 0 Å². The van der Waals surface area contributed by atoms with Crippen LogP contribution in [0.2, 0.25) is 0 Å². The number of hydrogen-bond acceptors (Lipinski definition) is 4. The quantitative estimate of drug-likeness (QED) is 0.889. The van der Waals surface area contributed by atoms with Crippen LogP contribution in [0, 0.1) is 0 Å². The number of carbonyl (C=O) groups is 1. The molecule has 0 fully saturated rings. The van der Waals surface area contributed by atoms with Gasteiger partial charge in [0.05, 0.1) is 10.9 Å². The Kier molecular flexibility index (Phi) is 3.89. The first-order valence-corrected chi connectivity index (χ1v) is 7.87. The zero-order valence-electron chi connectivity index (χ0n) is 11.1. The lowest BCUT2D eigenvalue weighted by Crippen LogP contribution is -2.27. The van der Waals surface area contributed by atoms with Crippen LogP contribution in [0.25, 0.3) is 0 Å². The molecule has 1 atom stereocenters. The van der Waals surface area contributed by atoms with Gasteiger partial charge in [-0.25, -0.2) is 13.4 Å². The van der Waals surface area contributed by atoms with Crippen LogP contribution in [0.3, 0.4) is 0 Å². The van der Waals surface area contributed by atoms with Gasteiger partial charge in [-0.05, 0) is 31.2 Å². The summed E-state index contributed by atoms with van der Waals surface area (Å²) < 4.78 is 22.7. The number of H-pyrrole nitrogens is 1. The molecule has 1 amide bonds. The van der Waals surface area contributed by atoms with Gasteiger partial charge in [-0.3, -0.25) is 4.79 Å². The second kappa shape index (κ2) is 5.46. The monoisotopic (exact) mass is 293 g/mol. The van der Waals surface area contributed by atoms with Crippen molar-refractivity contribution in [1.82, 2.24) is 15.3 Å². The van der Waals surface area contributed by atoms with Gasteiger partial charge < -0.3 is 10.3 Å². The maximum atomic E-state index is 12.0. The minimum Gasteiger partial charge on any atom is -0.347 e. The number of carbonyl (C=O) groups excluding carboxylic acids is 1. The molecule has 1 aromatic carbocycles. The fraction of sp³-hybridized carbons (Fsp3) is 0.231. The van der Waals surface area contributed by atoms with Crippen LogP contribution in [-0.2, 0) is 9.84 Å². The van der Waals surface area contributed by atoms with Crippen molar-refractivity contribution >= 4 is 15.7 Å². The van der Waals surface area contributed by atoms with Gasteiger partial charge in [0.1, 0.15) is 5.82 Å². The molecular weight excluding hydrogens is 278 g/mol. The van der Waals surface area contributed by atoms with Crippen molar-refractivity contribution in [2.75, 3.05) is 6.26 Å². The molecule has 2 rings (SSSR count). The minimum atomic E-state index is -3.25. The van der Waals surface area contributed by atoms with Gasteiger partial charge >= 0.3 is 0 Å². The lowest BCUT2D eigenvalue weighted by atomic mass is 10.2. The Bertz CT molecular complexity index is 691. The molecular formula is C13H15N3O3S. The molecule has 7 heteroatoms. The van der Waals surface area contributed by atoms with Crippen LogP contribution >= 0.6 is 0 Å². The van der Waals surface area contributed by atoms with Crippen molar-refractivity contribution in [3.63, 3.8) is 0 Å². The van der Waals surface area contributed by atoms with E-state index in [0.717, 1.165) is 6.26 Å². The predicted octanol–water partition coefficient (Wildman–Crippen LogP) is 1.30. The summed E-state index contributed by atoms with van der Waals surface area (Å²) in [4.78, 5) is 19.2. The summed E-state index contributed by atoms with van der Waals surface area (Å²) in [5.74, 6) is 0.375. The summed E-state index contributed by atoms with van der Waals surface area (Å²) in [5.41, 5.74) is 0.399. The van der Waals surface area contributed by atoms with Crippen LogP contribution in [0.15, 0.2) is 41.6 Å². The van der Waals surface area contributed by atoms with Crippen LogP contribution in [0.4, 0.5) is 0 Å². The summed E-state index contributed by atoms with van der Waals surface area (Å²) in [5, 5.41) is 2.77. The lowest BCUT2D eigenvalue weighted by Gasteiger charge is -2.11. The summed E-state index contributed by atoms with van der Waals surface area (Å²) in [7, 11) is -3.25. The molecule has 20 heavy (non-hydrogen) atoms. The molecule has 6 nitrogen and oxygen atoms in total. The van der Waals surface area contributed by atoms with E-state index in [1.807, 2.05) is 6.92 Å². The second-order valence-electron chi connectivity index (χ2n) is 4.47. The van der Waals surface area contributed by atoms with E-state index >= 15 is 0 Å². The SMILES string of the molecule is CC(NC(=O)c1ccc(S(C)(=O)=O)cc1)c1ncc[nH]1. The number of rotatable bonds is 4. The van der Waals surface area contributed by atoms with Crippen molar-refractivity contribution in [3.8, 4) is 0 Å². The third kappa shape index (κ3) is 3.24. The Hall–Kier alpha value is -2.15. The summed E-state index contributed by atoms with van der Waals surface area (Å²) in [6.45, 7) is 1.81. The third-order valence-corrected chi connectivity index (χ3v) is 3.95. The number of aromatic amines is 1. The highest BCUT2D eigenvalue weighted by Crippen LogP contribution is 2.12. The van der Waals surface area contributed by atoms with Gasteiger partial charge in [0, 0.05) is 24.2 Å². The van der Waals surface area contributed by atoms with Crippen LogP contribution in [-0.4, -0.2) is 30.5 Å². The molecule has 0 saturated heterocycles. The minimum absolute atomic E-state index is 0.188. The molecule has 0 aliphatic rings. The van der Waals surface area contributed by atoms with Gasteiger partial charge in [-0.15, -0.1) is 0 Å². The van der Waals surface area contributed by atoms with Gasteiger partial charge in [-0.1, -0.05) is 0 Å². The number of aromatic nitrogens is 2. The van der Waals surface area contributed by atoms with E-state index in [2.05, 4.69) is 15.3 Å². The standard InChI is InChI=1S/C13H15N3O3S/c1-9(12-14-7-8-15-12)16-13(17)10-3-5-11(6-4-10)20(2,18)19/h3-9H,1-2H3,(H,14,15)(H,16,17). The molecule has 0 saturated carbocycles. The zero-order valence-corrected chi connectivity index (χ0v) is 11.9. The molecule has 1 unspecified atom stereocenters. The van der Waals surface area contributed by atoms with E-state index in [4.69, 9.17) is 0 Å². The number of nitrogens with one attached hydrogen (secondary N) is 2. The highest BCUT2D eigenvalue weighted by atomic mass is 32.2. The first kappa shape index (κ1) is 14.3. The predicted molar refractivity (Wildman–Crippen MR) is 74.0 cm³/mol. The number of benzene rings is 1. The van der Waals surface area contributed by atoms with E-state index in [9.17, 15) is 13.2 Å². The smallest absolute Gasteiger partial charge is 0.251 e. The van der Waals surface area contributed by atoms with Crippen LogP contribution in [0.5, 0.6) is 0 Å². The molecule has 0 bridgehead atoms. The third-order valence-electron chi connectivity index (χ3n) is 2.82. The zero-order chi connectivity index (χ0) is 14.8. The van der Waals surface area contributed by atoms with Crippen molar-refractivity contribution < 1.29 is 13.2 Å². The molecule has 0 spiro atoms. The summed E-state index contributed by atoms with van der Waals surface area (Å²) in [6.07, 6.45) is 4.42. The average molecular weight is 293 g/mol. The second-order valence-corrected chi connectivity index (χ2v) is 6.48. The summed E-state index contributed by atoms with van der Waals surface area (Å²) >= 11 is 0. The summed E-state index contributed by atoms with van der Waals surface area (Å²) in [6, 6.07) is 5.55. The molecule has 106 valence electrons. The highest BCUT2D eigenvalue weighted by molar-refractivity contribution is 7.90. The van der Waals surface area contributed by atoms with E-state index in [1.165, 1.54) is 24.3 Å². The number of amides is 1. The Morgan fingerprint density at radius 2 is 1.95 bits per heavy atom. The average Bonchev–Trinajstić information content (AvgIpc) is 2.91. The lowest BCUT2D eigenvalue weighted by molar-refractivity contribution is 0.0938. The van der Waals surface area contributed by atoms with E-state index in [1.54, 1.807) is 12.4 Å². The fourth-order valence-electron chi connectivity index (χ4n) is 1.72.